The Morgan fingerprint density at radius 2 is 1.30 bits per heavy atom. The Morgan fingerprint density at radius 1 is 0.741 bits per heavy atom. The monoisotopic (exact) mass is 349 g/mol. The third-order valence-electron chi connectivity index (χ3n) is 6.29. The standard InChI is InChI=1S/C26H23N/c1-18-16-17-23(27)24-21-14-8-9-15-22(21)26(25(18)24,19-10-4-2-5-11-19)20-12-6-3-7-13-20/h2-18,25H,27H2,1H3. The molecule has 1 heteroatoms. The molecule has 5 rings (SSSR count). The van der Waals surface area contributed by atoms with Crippen LogP contribution in [0, 0.1) is 11.8 Å². The summed E-state index contributed by atoms with van der Waals surface area (Å²) in [6.45, 7) is 2.32. The van der Waals surface area contributed by atoms with Gasteiger partial charge in [-0.05, 0) is 39.8 Å². The largest absolute Gasteiger partial charge is 0.398 e. The molecule has 1 nitrogen and oxygen atoms in total. The minimum Gasteiger partial charge on any atom is -0.398 e. The molecule has 0 saturated heterocycles. The topological polar surface area (TPSA) is 26.0 Å². The molecule has 0 saturated carbocycles. The molecule has 0 radical (unpaired) electrons. The molecule has 0 amide bonds. The Bertz CT molecular complexity index is 1000. The Kier molecular flexibility index (Phi) is 3.58. The van der Waals surface area contributed by atoms with Gasteiger partial charge in [0.1, 0.15) is 0 Å². The van der Waals surface area contributed by atoms with Crippen LogP contribution in [0.2, 0.25) is 0 Å². The van der Waals surface area contributed by atoms with Crippen LogP contribution >= 0.6 is 0 Å². The number of hydrogen-bond donors (Lipinski definition) is 1. The first-order chi connectivity index (χ1) is 13.2. The molecule has 132 valence electrons. The lowest BCUT2D eigenvalue weighted by Gasteiger charge is -2.41. The predicted molar refractivity (Wildman–Crippen MR) is 112 cm³/mol. The minimum absolute atomic E-state index is 0.233. The lowest BCUT2D eigenvalue weighted by molar-refractivity contribution is 0.397. The molecule has 0 aliphatic heterocycles. The average molecular weight is 349 g/mol. The molecule has 3 aromatic carbocycles. The van der Waals surface area contributed by atoms with E-state index in [9.17, 15) is 0 Å². The van der Waals surface area contributed by atoms with Crippen LogP contribution in [0.15, 0.2) is 103 Å². The van der Waals surface area contributed by atoms with Crippen molar-refractivity contribution in [2.24, 2.45) is 17.6 Å². The maximum Gasteiger partial charge on any atom is 0.0532 e. The first-order valence-corrected chi connectivity index (χ1v) is 9.63. The van der Waals surface area contributed by atoms with Crippen molar-refractivity contribution in [2.45, 2.75) is 12.3 Å². The van der Waals surface area contributed by atoms with Crippen molar-refractivity contribution in [1.29, 1.82) is 0 Å². The van der Waals surface area contributed by atoms with Gasteiger partial charge in [-0.3, -0.25) is 0 Å². The summed E-state index contributed by atoms with van der Waals surface area (Å²) in [4.78, 5) is 0. The molecule has 2 aliphatic rings. The van der Waals surface area contributed by atoms with Gasteiger partial charge in [0.25, 0.3) is 0 Å². The Hall–Kier alpha value is -3.06. The van der Waals surface area contributed by atoms with E-state index in [-0.39, 0.29) is 11.3 Å². The van der Waals surface area contributed by atoms with Crippen molar-refractivity contribution < 1.29 is 0 Å². The van der Waals surface area contributed by atoms with E-state index in [4.69, 9.17) is 5.73 Å². The van der Waals surface area contributed by atoms with Gasteiger partial charge in [0.15, 0.2) is 0 Å². The molecule has 2 unspecified atom stereocenters. The zero-order chi connectivity index (χ0) is 18.4. The first-order valence-electron chi connectivity index (χ1n) is 9.63. The van der Waals surface area contributed by atoms with E-state index < -0.39 is 0 Å². The molecule has 3 aromatic rings. The van der Waals surface area contributed by atoms with Gasteiger partial charge in [-0.15, -0.1) is 0 Å². The zero-order valence-corrected chi connectivity index (χ0v) is 15.5. The highest BCUT2D eigenvalue weighted by atomic mass is 14.6. The lowest BCUT2D eigenvalue weighted by Crippen LogP contribution is -2.38. The zero-order valence-electron chi connectivity index (χ0n) is 15.5. The summed E-state index contributed by atoms with van der Waals surface area (Å²) in [5.41, 5.74) is 13.9. The summed E-state index contributed by atoms with van der Waals surface area (Å²) in [6.07, 6.45) is 4.37. The first kappa shape index (κ1) is 16.1. The van der Waals surface area contributed by atoms with Crippen LogP contribution in [0.1, 0.15) is 29.2 Å². The van der Waals surface area contributed by atoms with Crippen LogP contribution in [0.5, 0.6) is 0 Å². The SMILES string of the molecule is CC1C=CC(N)=C2c3ccccc3C(c3ccccc3)(c3ccccc3)C21. The number of rotatable bonds is 2. The summed E-state index contributed by atoms with van der Waals surface area (Å²) in [5, 5.41) is 0. The normalized spacial score (nSPS) is 22.4. The van der Waals surface area contributed by atoms with E-state index in [2.05, 4.69) is 104 Å². The van der Waals surface area contributed by atoms with Crippen molar-refractivity contribution in [1.82, 2.24) is 0 Å². The fourth-order valence-corrected chi connectivity index (χ4v) is 5.30. The molecular formula is C26H23N. The van der Waals surface area contributed by atoms with Gasteiger partial charge in [-0.25, -0.2) is 0 Å². The second kappa shape index (κ2) is 5.99. The Morgan fingerprint density at radius 3 is 1.93 bits per heavy atom. The predicted octanol–water partition coefficient (Wildman–Crippen LogP) is 5.53. The molecule has 2 atom stereocenters. The van der Waals surface area contributed by atoms with Crippen LogP contribution < -0.4 is 5.73 Å². The number of hydrogen-bond acceptors (Lipinski definition) is 1. The summed E-state index contributed by atoms with van der Waals surface area (Å²) >= 11 is 0. The number of fused-ring (bicyclic) bond motifs is 3. The third-order valence-corrected chi connectivity index (χ3v) is 6.29. The van der Waals surface area contributed by atoms with Crippen molar-refractivity contribution in [3.05, 3.63) is 125 Å². The molecule has 0 spiro atoms. The Labute approximate surface area is 160 Å². The molecule has 0 fully saturated rings. The van der Waals surface area contributed by atoms with Crippen molar-refractivity contribution in [3.8, 4) is 0 Å². The second-order valence-corrected chi connectivity index (χ2v) is 7.65. The van der Waals surface area contributed by atoms with Gasteiger partial charge in [0.2, 0.25) is 0 Å². The van der Waals surface area contributed by atoms with Gasteiger partial charge in [-0.1, -0.05) is 97.9 Å². The number of nitrogens with two attached hydrogens (primary N) is 1. The smallest absolute Gasteiger partial charge is 0.0532 e. The van der Waals surface area contributed by atoms with Gasteiger partial charge in [-0.2, -0.15) is 0 Å². The van der Waals surface area contributed by atoms with Gasteiger partial charge < -0.3 is 5.73 Å². The average Bonchev–Trinajstić information content (AvgIpc) is 3.05. The van der Waals surface area contributed by atoms with E-state index in [1.165, 1.54) is 27.8 Å². The summed E-state index contributed by atoms with van der Waals surface area (Å²) < 4.78 is 0. The third kappa shape index (κ3) is 2.12. The number of benzene rings is 3. The fourth-order valence-electron chi connectivity index (χ4n) is 5.30. The van der Waals surface area contributed by atoms with Gasteiger partial charge >= 0.3 is 0 Å². The van der Waals surface area contributed by atoms with Crippen molar-refractivity contribution in [2.75, 3.05) is 0 Å². The van der Waals surface area contributed by atoms with Crippen LogP contribution in [0.3, 0.4) is 0 Å². The lowest BCUT2D eigenvalue weighted by atomic mass is 9.60. The van der Waals surface area contributed by atoms with E-state index in [1.54, 1.807) is 0 Å². The number of allylic oxidation sites excluding steroid dienone is 3. The molecular weight excluding hydrogens is 326 g/mol. The highest BCUT2D eigenvalue weighted by Gasteiger charge is 2.54. The summed E-state index contributed by atoms with van der Waals surface area (Å²) in [5.74, 6) is 0.671. The van der Waals surface area contributed by atoms with Crippen LogP contribution in [0.25, 0.3) is 5.57 Å². The summed E-state index contributed by atoms with van der Waals surface area (Å²) in [7, 11) is 0. The quantitative estimate of drug-likeness (QED) is 0.647. The fraction of sp³-hybridized carbons (Fsp3) is 0.154. The van der Waals surface area contributed by atoms with Crippen LogP contribution in [0.4, 0.5) is 0 Å². The molecule has 0 heterocycles. The highest BCUT2D eigenvalue weighted by molar-refractivity contribution is 5.86. The van der Waals surface area contributed by atoms with Crippen molar-refractivity contribution in [3.63, 3.8) is 0 Å². The van der Waals surface area contributed by atoms with E-state index in [1.807, 2.05) is 0 Å². The highest BCUT2D eigenvalue weighted by Crippen LogP contribution is 2.61. The van der Waals surface area contributed by atoms with Gasteiger partial charge in [0, 0.05) is 11.6 Å². The molecule has 0 aromatic heterocycles. The minimum atomic E-state index is -0.233. The molecule has 2 aliphatic carbocycles. The van der Waals surface area contributed by atoms with E-state index >= 15 is 0 Å². The maximum atomic E-state index is 6.57. The van der Waals surface area contributed by atoms with Gasteiger partial charge in [0.05, 0.1) is 5.41 Å². The van der Waals surface area contributed by atoms with Crippen LogP contribution in [-0.4, -0.2) is 0 Å². The second-order valence-electron chi connectivity index (χ2n) is 7.65. The molecule has 0 bridgehead atoms. The van der Waals surface area contributed by atoms with E-state index in [0.717, 1.165) is 5.70 Å². The maximum absolute atomic E-state index is 6.57. The molecule has 2 N–H and O–H groups in total. The summed E-state index contributed by atoms with van der Waals surface area (Å²) in [6, 6.07) is 30.7. The van der Waals surface area contributed by atoms with Crippen LogP contribution in [-0.2, 0) is 5.41 Å². The molecule has 27 heavy (non-hydrogen) atoms. The van der Waals surface area contributed by atoms with E-state index in [0.29, 0.717) is 5.92 Å². The van der Waals surface area contributed by atoms with Crippen molar-refractivity contribution >= 4 is 5.57 Å². The Balaban J connectivity index is 1.95.